The number of methoxy groups -OCH3 is 1. The lowest BCUT2D eigenvalue weighted by molar-refractivity contribution is -0.150. The molecule has 0 saturated carbocycles. The van der Waals surface area contributed by atoms with Crippen LogP contribution < -0.4 is 5.32 Å². The number of ketones is 1. The van der Waals surface area contributed by atoms with Crippen LogP contribution in [-0.4, -0.2) is 24.8 Å². The summed E-state index contributed by atoms with van der Waals surface area (Å²) in [6, 6.07) is 1.96. The summed E-state index contributed by atoms with van der Waals surface area (Å²) in [6.07, 6.45) is 0. The molecule has 0 unspecified atom stereocenters. The zero-order chi connectivity index (χ0) is 16.2. The van der Waals surface area contributed by atoms with E-state index in [9.17, 15) is 23.2 Å². The van der Waals surface area contributed by atoms with Gasteiger partial charge in [-0.15, -0.1) is 0 Å². The molecule has 1 aromatic rings. The van der Waals surface area contributed by atoms with Gasteiger partial charge in [-0.3, -0.25) is 14.4 Å². The Balaban J connectivity index is 3.39. The Morgan fingerprint density at radius 2 is 1.81 bits per heavy atom. The third-order valence-electron chi connectivity index (χ3n) is 2.90. The third-order valence-corrected chi connectivity index (χ3v) is 2.90. The van der Waals surface area contributed by atoms with Crippen LogP contribution in [0.25, 0.3) is 0 Å². The Morgan fingerprint density at radius 1 is 1.19 bits per heavy atom. The molecule has 0 bridgehead atoms. The molecule has 0 aliphatic rings. The van der Waals surface area contributed by atoms with E-state index in [0.29, 0.717) is 0 Å². The lowest BCUT2D eigenvalue weighted by atomic mass is 9.89. The summed E-state index contributed by atoms with van der Waals surface area (Å²) in [5.41, 5.74) is -0.296. The first kappa shape index (κ1) is 16.7. The van der Waals surface area contributed by atoms with Crippen molar-refractivity contribution in [3.63, 3.8) is 0 Å². The highest BCUT2D eigenvalue weighted by atomic mass is 19.2. The second kappa shape index (κ2) is 6.92. The van der Waals surface area contributed by atoms with Crippen molar-refractivity contribution in [2.45, 2.75) is 19.9 Å². The monoisotopic (exact) mass is 299 g/mol. The molecule has 2 atom stereocenters. The van der Waals surface area contributed by atoms with E-state index in [1.54, 1.807) is 0 Å². The molecular weight excluding hydrogens is 284 g/mol. The van der Waals surface area contributed by atoms with Crippen molar-refractivity contribution in [2.75, 3.05) is 7.11 Å². The Kier molecular flexibility index (Phi) is 5.52. The summed E-state index contributed by atoms with van der Waals surface area (Å²) in [5, 5.41) is 2.29. The zero-order valence-corrected chi connectivity index (χ0v) is 11.8. The minimum absolute atomic E-state index is 0.296. The lowest BCUT2D eigenvalue weighted by Gasteiger charge is -2.24. The molecule has 1 amide bonds. The molecule has 0 radical (unpaired) electrons. The first-order valence-electron chi connectivity index (χ1n) is 6.08. The molecule has 21 heavy (non-hydrogen) atoms. The molecule has 0 spiro atoms. The van der Waals surface area contributed by atoms with E-state index in [-0.39, 0.29) is 5.56 Å². The van der Waals surface area contributed by atoms with Gasteiger partial charge in [0.05, 0.1) is 13.2 Å². The number of carbonyl (C=O) groups excluding carboxylic acids is 3. The van der Waals surface area contributed by atoms with Crippen LogP contribution in [0.4, 0.5) is 8.78 Å². The summed E-state index contributed by atoms with van der Waals surface area (Å²) in [7, 11) is 1.06. The Labute approximate surface area is 120 Å². The van der Waals surface area contributed by atoms with Crippen LogP contribution in [0, 0.1) is 17.6 Å². The van der Waals surface area contributed by atoms with E-state index in [4.69, 9.17) is 0 Å². The predicted molar refractivity (Wildman–Crippen MR) is 69.1 cm³/mol. The van der Waals surface area contributed by atoms with Crippen molar-refractivity contribution in [1.29, 1.82) is 0 Å². The number of Topliss-reactive ketones (excluding diaryl/α,β-unsaturated/α-hetero) is 1. The minimum Gasteiger partial charge on any atom is -0.468 e. The Bertz CT molecular complexity index is 574. The van der Waals surface area contributed by atoms with E-state index in [0.717, 1.165) is 27.0 Å². The molecule has 0 fully saturated rings. The maximum Gasteiger partial charge on any atom is 0.318 e. The van der Waals surface area contributed by atoms with E-state index < -0.39 is 41.3 Å². The molecule has 1 aromatic carbocycles. The molecular formula is C14H15F2NO4. The number of nitrogens with one attached hydrogen (secondary N) is 1. The summed E-state index contributed by atoms with van der Waals surface area (Å²) in [5.74, 6) is -6.01. The van der Waals surface area contributed by atoms with Crippen molar-refractivity contribution >= 4 is 17.7 Å². The second-order valence-electron chi connectivity index (χ2n) is 4.43. The van der Waals surface area contributed by atoms with Gasteiger partial charge in [0.25, 0.3) is 0 Å². The predicted octanol–water partition coefficient (Wildman–Crippen LogP) is 1.52. The standard InChI is InChI=1S/C14H15F2NO4/c1-7(18)11(14(20)21-3)13(17-8(2)19)9-5-4-6-10(15)12(9)16/h4-6,11,13H,1-3H3,(H,17,19)/t11-,13-/m0/s1. The highest BCUT2D eigenvalue weighted by Crippen LogP contribution is 2.27. The fourth-order valence-electron chi connectivity index (χ4n) is 1.98. The van der Waals surface area contributed by atoms with Crippen LogP contribution in [0.2, 0.25) is 0 Å². The highest BCUT2D eigenvalue weighted by molar-refractivity contribution is 5.99. The van der Waals surface area contributed by atoms with Crippen molar-refractivity contribution in [2.24, 2.45) is 5.92 Å². The first-order valence-corrected chi connectivity index (χ1v) is 6.08. The summed E-state index contributed by atoms with van der Waals surface area (Å²) >= 11 is 0. The van der Waals surface area contributed by atoms with Gasteiger partial charge < -0.3 is 10.1 Å². The second-order valence-corrected chi connectivity index (χ2v) is 4.43. The van der Waals surface area contributed by atoms with Gasteiger partial charge in [-0.1, -0.05) is 12.1 Å². The average molecular weight is 299 g/mol. The molecule has 7 heteroatoms. The zero-order valence-electron chi connectivity index (χ0n) is 11.8. The number of esters is 1. The Morgan fingerprint density at radius 3 is 2.29 bits per heavy atom. The van der Waals surface area contributed by atoms with Crippen LogP contribution in [0.1, 0.15) is 25.5 Å². The first-order chi connectivity index (χ1) is 9.79. The molecule has 1 N–H and O–H groups in total. The quantitative estimate of drug-likeness (QED) is 0.661. The number of ether oxygens (including phenoxy) is 1. The molecule has 1 rings (SSSR count). The molecule has 114 valence electrons. The van der Waals surface area contributed by atoms with E-state index in [2.05, 4.69) is 10.1 Å². The highest BCUT2D eigenvalue weighted by Gasteiger charge is 2.37. The van der Waals surface area contributed by atoms with E-state index >= 15 is 0 Å². The van der Waals surface area contributed by atoms with Crippen molar-refractivity contribution in [3.8, 4) is 0 Å². The molecule has 0 aliphatic heterocycles. The van der Waals surface area contributed by atoms with E-state index in [1.165, 1.54) is 12.1 Å². The number of amides is 1. The smallest absolute Gasteiger partial charge is 0.318 e. The summed E-state index contributed by atoms with van der Waals surface area (Å²) in [4.78, 5) is 34.7. The summed E-state index contributed by atoms with van der Waals surface area (Å²) in [6.45, 7) is 2.24. The van der Waals surface area contributed by atoms with Gasteiger partial charge in [0.2, 0.25) is 5.91 Å². The number of rotatable bonds is 5. The van der Waals surface area contributed by atoms with Crippen LogP contribution >= 0.6 is 0 Å². The van der Waals surface area contributed by atoms with Crippen molar-refractivity contribution in [1.82, 2.24) is 5.32 Å². The number of hydrogen-bond donors (Lipinski definition) is 1. The molecule has 0 saturated heterocycles. The van der Waals surface area contributed by atoms with Crippen LogP contribution in [0.3, 0.4) is 0 Å². The van der Waals surface area contributed by atoms with Crippen molar-refractivity contribution < 1.29 is 27.9 Å². The molecule has 0 aromatic heterocycles. The van der Waals surface area contributed by atoms with Gasteiger partial charge in [-0.2, -0.15) is 0 Å². The average Bonchev–Trinajstić information content (AvgIpc) is 2.40. The minimum atomic E-state index is -1.46. The van der Waals surface area contributed by atoms with E-state index in [1.807, 2.05) is 0 Å². The molecule has 5 nitrogen and oxygen atoms in total. The van der Waals surface area contributed by atoms with Crippen LogP contribution in [0.5, 0.6) is 0 Å². The normalized spacial score (nSPS) is 13.2. The van der Waals surface area contributed by atoms with Gasteiger partial charge in [-0.05, 0) is 13.0 Å². The maximum atomic E-state index is 13.9. The topological polar surface area (TPSA) is 72.5 Å². The van der Waals surface area contributed by atoms with Crippen LogP contribution in [0.15, 0.2) is 18.2 Å². The Hall–Kier alpha value is -2.31. The van der Waals surface area contributed by atoms with Crippen LogP contribution in [-0.2, 0) is 19.1 Å². The molecule has 0 aliphatic carbocycles. The fourth-order valence-corrected chi connectivity index (χ4v) is 1.98. The molecule has 0 heterocycles. The largest absolute Gasteiger partial charge is 0.468 e. The fraction of sp³-hybridized carbons (Fsp3) is 0.357. The SMILES string of the molecule is COC(=O)[C@@H](C(C)=O)[C@@H](NC(C)=O)c1cccc(F)c1F. The van der Waals surface area contributed by atoms with Crippen molar-refractivity contribution in [3.05, 3.63) is 35.4 Å². The van der Waals surface area contributed by atoms with Gasteiger partial charge >= 0.3 is 5.97 Å². The number of hydrogen-bond acceptors (Lipinski definition) is 4. The van der Waals surface area contributed by atoms with Gasteiger partial charge in [0, 0.05) is 12.5 Å². The lowest BCUT2D eigenvalue weighted by Crippen LogP contribution is -2.40. The number of benzene rings is 1. The maximum absolute atomic E-state index is 13.9. The van der Waals surface area contributed by atoms with Gasteiger partial charge in [-0.25, -0.2) is 8.78 Å². The van der Waals surface area contributed by atoms with Gasteiger partial charge in [0.15, 0.2) is 11.6 Å². The number of carbonyl (C=O) groups is 3. The summed E-state index contributed by atoms with van der Waals surface area (Å²) < 4.78 is 31.7. The number of halogens is 2. The van der Waals surface area contributed by atoms with Gasteiger partial charge in [0.1, 0.15) is 11.7 Å². The third kappa shape index (κ3) is 3.84.